The Balaban J connectivity index is 1.95. The molecule has 2 aromatic carbocycles. The van der Waals surface area contributed by atoms with Gasteiger partial charge in [0.05, 0.1) is 13.7 Å². The van der Waals surface area contributed by atoms with Crippen LogP contribution in [0.4, 0.5) is 36.3 Å². The molecule has 0 spiro atoms. The SMILES string of the molecule is CCCOc1ccc(N(C)c2ncc(C(F)(F)F)c(N(C)c3ccc(OC)cc3)n2)cc1. The van der Waals surface area contributed by atoms with E-state index in [1.54, 1.807) is 60.5 Å². The molecule has 170 valence electrons. The van der Waals surface area contributed by atoms with Gasteiger partial charge in [-0.3, -0.25) is 0 Å². The van der Waals surface area contributed by atoms with Crippen LogP contribution in [0.3, 0.4) is 0 Å². The minimum atomic E-state index is -4.61. The molecule has 6 nitrogen and oxygen atoms in total. The molecular formula is C23H25F3N4O2. The molecule has 0 aliphatic carbocycles. The van der Waals surface area contributed by atoms with Gasteiger partial charge in [-0.2, -0.15) is 18.2 Å². The summed E-state index contributed by atoms with van der Waals surface area (Å²) in [6, 6.07) is 13.9. The van der Waals surface area contributed by atoms with Crippen molar-refractivity contribution in [1.82, 2.24) is 9.97 Å². The van der Waals surface area contributed by atoms with Crippen LogP contribution in [0.2, 0.25) is 0 Å². The van der Waals surface area contributed by atoms with Crippen molar-refractivity contribution in [3.63, 3.8) is 0 Å². The Bertz CT molecular complexity index is 1020. The van der Waals surface area contributed by atoms with Crippen LogP contribution >= 0.6 is 0 Å². The summed E-state index contributed by atoms with van der Waals surface area (Å²) in [6.07, 6.45) is -2.90. The molecule has 3 rings (SSSR count). The second-order valence-corrected chi connectivity index (χ2v) is 7.06. The highest BCUT2D eigenvalue weighted by atomic mass is 19.4. The van der Waals surface area contributed by atoms with Gasteiger partial charge in [-0.25, -0.2) is 4.98 Å². The largest absolute Gasteiger partial charge is 0.497 e. The van der Waals surface area contributed by atoms with E-state index in [1.165, 1.54) is 19.1 Å². The molecule has 1 aromatic heterocycles. The first-order valence-corrected chi connectivity index (χ1v) is 10.0. The normalized spacial score (nSPS) is 11.2. The van der Waals surface area contributed by atoms with Gasteiger partial charge in [-0.05, 0) is 55.0 Å². The van der Waals surface area contributed by atoms with Gasteiger partial charge in [-0.15, -0.1) is 0 Å². The summed E-state index contributed by atoms with van der Waals surface area (Å²) in [7, 11) is 4.75. The molecule has 0 radical (unpaired) electrons. The zero-order chi connectivity index (χ0) is 23.3. The molecule has 0 aliphatic heterocycles. The molecule has 3 aromatic rings. The number of rotatable bonds is 8. The topological polar surface area (TPSA) is 50.7 Å². The van der Waals surface area contributed by atoms with Gasteiger partial charge in [-0.1, -0.05) is 6.92 Å². The summed E-state index contributed by atoms with van der Waals surface area (Å²) < 4.78 is 51.8. The van der Waals surface area contributed by atoms with E-state index in [9.17, 15) is 13.2 Å². The van der Waals surface area contributed by atoms with Crippen molar-refractivity contribution in [1.29, 1.82) is 0 Å². The van der Waals surface area contributed by atoms with Crippen molar-refractivity contribution in [2.75, 3.05) is 37.6 Å². The molecule has 0 fully saturated rings. The van der Waals surface area contributed by atoms with Gasteiger partial charge in [0.25, 0.3) is 0 Å². The Hall–Kier alpha value is -3.49. The van der Waals surface area contributed by atoms with Crippen molar-refractivity contribution in [2.45, 2.75) is 19.5 Å². The molecular weight excluding hydrogens is 421 g/mol. The number of benzene rings is 2. The van der Waals surface area contributed by atoms with Crippen LogP contribution in [0, 0.1) is 0 Å². The predicted octanol–water partition coefficient (Wildman–Crippen LogP) is 5.83. The summed E-state index contributed by atoms with van der Waals surface area (Å²) in [6.45, 7) is 2.63. The number of hydrogen-bond acceptors (Lipinski definition) is 6. The lowest BCUT2D eigenvalue weighted by molar-refractivity contribution is -0.137. The molecule has 9 heteroatoms. The lowest BCUT2D eigenvalue weighted by atomic mass is 10.2. The summed E-state index contributed by atoms with van der Waals surface area (Å²) in [5, 5.41) is 0. The molecule has 0 N–H and O–H groups in total. The number of anilines is 4. The highest BCUT2D eigenvalue weighted by Gasteiger charge is 2.37. The minimum absolute atomic E-state index is 0.135. The number of ether oxygens (including phenoxy) is 2. The molecule has 0 bridgehead atoms. The zero-order valence-corrected chi connectivity index (χ0v) is 18.3. The number of alkyl halides is 3. The average Bonchev–Trinajstić information content (AvgIpc) is 2.81. The van der Waals surface area contributed by atoms with E-state index in [0.717, 1.165) is 18.4 Å². The van der Waals surface area contributed by atoms with Crippen LogP contribution in [0.25, 0.3) is 0 Å². The van der Waals surface area contributed by atoms with Crippen LogP contribution in [0.5, 0.6) is 11.5 Å². The van der Waals surface area contributed by atoms with Crippen molar-refractivity contribution in [2.24, 2.45) is 0 Å². The molecule has 0 saturated heterocycles. The van der Waals surface area contributed by atoms with Crippen molar-refractivity contribution in [3.8, 4) is 11.5 Å². The highest BCUT2D eigenvalue weighted by molar-refractivity contribution is 5.66. The van der Waals surface area contributed by atoms with Gasteiger partial charge in [0, 0.05) is 31.7 Å². The Morgan fingerprint density at radius 3 is 1.97 bits per heavy atom. The van der Waals surface area contributed by atoms with Gasteiger partial charge < -0.3 is 19.3 Å². The first-order valence-electron chi connectivity index (χ1n) is 10.0. The maximum atomic E-state index is 13.7. The van der Waals surface area contributed by atoms with Crippen LogP contribution in [-0.4, -0.2) is 37.8 Å². The summed E-state index contributed by atoms with van der Waals surface area (Å²) in [4.78, 5) is 11.2. The monoisotopic (exact) mass is 446 g/mol. The fourth-order valence-corrected chi connectivity index (χ4v) is 3.01. The van der Waals surface area contributed by atoms with Crippen molar-refractivity contribution < 1.29 is 22.6 Å². The predicted molar refractivity (Wildman–Crippen MR) is 118 cm³/mol. The summed E-state index contributed by atoms with van der Waals surface area (Å²) in [5.41, 5.74) is 0.323. The van der Waals surface area contributed by atoms with E-state index in [1.807, 2.05) is 6.92 Å². The van der Waals surface area contributed by atoms with Crippen LogP contribution in [0.1, 0.15) is 18.9 Å². The second-order valence-electron chi connectivity index (χ2n) is 7.06. The number of methoxy groups -OCH3 is 1. The lowest BCUT2D eigenvalue weighted by Gasteiger charge is -2.25. The van der Waals surface area contributed by atoms with Gasteiger partial charge in [0.15, 0.2) is 5.82 Å². The maximum Gasteiger partial charge on any atom is 0.421 e. The highest BCUT2D eigenvalue weighted by Crippen LogP contribution is 2.38. The third-order valence-corrected chi connectivity index (χ3v) is 4.84. The van der Waals surface area contributed by atoms with E-state index >= 15 is 0 Å². The minimum Gasteiger partial charge on any atom is -0.497 e. The van der Waals surface area contributed by atoms with E-state index in [4.69, 9.17) is 9.47 Å². The molecule has 0 aliphatic rings. The number of nitrogens with zero attached hydrogens (tertiary/aromatic N) is 4. The fourth-order valence-electron chi connectivity index (χ4n) is 3.01. The first-order chi connectivity index (χ1) is 15.2. The molecule has 0 unspecified atom stereocenters. The average molecular weight is 446 g/mol. The summed E-state index contributed by atoms with van der Waals surface area (Å²) >= 11 is 0. The Morgan fingerprint density at radius 1 is 0.875 bits per heavy atom. The summed E-state index contributed by atoms with van der Waals surface area (Å²) in [5.74, 6) is 1.21. The smallest absolute Gasteiger partial charge is 0.421 e. The van der Waals surface area contributed by atoms with Gasteiger partial charge >= 0.3 is 6.18 Å². The first kappa shape index (κ1) is 23.2. The Kier molecular flexibility index (Phi) is 7.07. The fraction of sp³-hybridized carbons (Fsp3) is 0.304. The quantitative estimate of drug-likeness (QED) is 0.434. The number of aromatic nitrogens is 2. The third-order valence-electron chi connectivity index (χ3n) is 4.84. The standard InChI is InChI=1S/C23H25F3N4O2/c1-5-14-32-19-12-8-17(9-13-19)30(3)22-27-15-20(23(24,25)26)21(28-22)29(2)16-6-10-18(31-4)11-7-16/h6-13,15H,5,14H2,1-4H3. The zero-order valence-electron chi connectivity index (χ0n) is 18.3. The third kappa shape index (κ3) is 5.22. The molecule has 0 saturated carbocycles. The molecule has 32 heavy (non-hydrogen) atoms. The Labute approximate surface area is 185 Å². The van der Waals surface area contributed by atoms with Gasteiger partial charge in [0.2, 0.25) is 5.95 Å². The van der Waals surface area contributed by atoms with Crippen LogP contribution in [0.15, 0.2) is 54.7 Å². The maximum absolute atomic E-state index is 13.7. The van der Waals surface area contributed by atoms with E-state index in [-0.39, 0.29) is 11.8 Å². The van der Waals surface area contributed by atoms with Crippen molar-refractivity contribution >= 4 is 23.1 Å². The van der Waals surface area contributed by atoms with E-state index < -0.39 is 11.7 Å². The van der Waals surface area contributed by atoms with E-state index in [2.05, 4.69) is 9.97 Å². The molecule has 0 atom stereocenters. The number of hydrogen-bond donors (Lipinski definition) is 0. The van der Waals surface area contributed by atoms with Crippen LogP contribution < -0.4 is 19.3 Å². The Morgan fingerprint density at radius 2 is 1.44 bits per heavy atom. The molecule has 0 amide bonds. The molecule has 1 heterocycles. The van der Waals surface area contributed by atoms with Crippen molar-refractivity contribution in [3.05, 3.63) is 60.3 Å². The number of halogens is 3. The van der Waals surface area contributed by atoms with E-state index in [0.29, 0.717) is 23.7 Å². The lowest BCUT2D eigenvalue weighted by Crippen LogP contribution is -2.21. The second kappa shape index (κ2) is 9.76. The van der Waals surface area contributed by atoms with Gasteiger partial charge in [0.1, 0.15) is 17.1 Å². The van der Waals surface area contributed by atoms with Crippen LogP contribution in [-0.2, 0) is 6.18 Å².